The molecule has 0 bridgehead atoms. The van der Waals surface area contributed by atoms with Crippen LogP contribution in [0.15, 0.2) is 34.3 Å². The summed E-state index contributed by atoms with van der Waals surface area (Å²) in [5, 5.41) is 21.0. The molecule has 30 heavy (non-hydrogen) atoms. The molecule has 3 rings (SSSR count). The van der Waals surface area contributed by atoms with Crippen LogP contribution in [0.25, 0.3) is 0 Å². The van der Waals surface area contributed by atoms with E-state index >= 15 is 0 Å². The van der Waals surface area contributed by atoms with E-state index in [4.69, 9.17) is 23.2 Å². The number of phenols is 2. The van der Waals surface area contributed by atoms with Crippen LogP contribution in [0.5, 0.6) is 11.5 Å². The minimum Gasteiger partial charge on any atom is -0.507 e. The maximum atomic E-state index is 11.1. The molecule has 2 aromatic carbocycles. The van der Waals surface area contributed by atoms with Crippen molar-refractivity contribution in [2.45, 2.75) is 37.8 Å². The number of phenolic OH excluding ortho intramolecular Hbond substituents is 2. The first-order chi connectivity index (χ1) is 14.4. The lowest BCUT2D eigenvalue weighted by Gasteiger charge is -2.25. The Morgan fingerprint density at radius 1 is 0.733 bits per heavy atom. The Bertz CT molecular complexity index is 939. The average molecular weight is 447 g/mol. The van der Waals surface area contributed by atoms with E-state index in [9.17, 15) is 19.8 Å². The number of aliphatic imine (C=N–C) groups is 2. The number of aldehydes is 2. The SMILES string of the molecule is O=Cc1cc(Cl)cc(C=N[C@@H]2CCCC[C@H]2N=Cc2cc(Cl)cc(C=O)c2O)c1O. The van der Waals surface area contributed by atoms with Crippen molar-refractivity contribution in [2.24, 2.45) is 9.98 Å². The van der Waals surface area contributed by atoms with E-state index in [0.29, 0.717) is 33.7 Å². The third kappa shape index (κ3) is 5.07. The van der Waals surface area contributed by atoms with Crippen LogP contribution in [-0.4, -0.2) is 47.3 Å². The van der Waals surface area contributed by atoms with Crippen molar-refractivity contribution < 1.29 is 19.8 Å². The Morgan fingerprint density at radius 2 is 1.10 bits per heavy atom. The van der Waals surface area contributed by atoms with Gasteiger partial charge in [-0.25, -0.2) is 0 Å². The molecule has 0 spiro atoms. The molecule has 1 aliphatic rings. The summed E-state index contributed by atoms with van der Waals surface area (Å²) in [5.74, 6) is -0.335. The number of hydrogen-bond donors (Lipinski definition) is 2. The summed E-state index contributed by atoms with van der Waals surface area (Å²) in [5.41, 5.74) is 0.927. The predicted molar refractivity (Wildman–Crippen MR) is 118 cm³/mol. The third-order valence-corrected chi connectivity index (χ3v) is 5.46. The van der Waals surface area contributed by atoms with Gasteiger partial charge in [0, 0.05) is 33.6 Å². The molecule has 2 N–H and O–H groups in total. The van der Waals surface area contributed by atoms with Gasteiger partial charge in [0.05, 0.1) is 23.2 Å². The van der Waals surface area contributed by atoms with E-state index < -0.39 is 0 Å². The maximum Gasteiger partial charge on any atom is 0.153 e. The minimum atomic E-state index is -0.167. The number of carbonyl (C=O) groups excluding carboxylic acids is 2. The number of halogens is 2. The van der Waals surface area contributed by atoms with Crippen LogP contribution in [0, 0.1) is 0 Å². The number of rotatable bonds is 6. The second-order valence-electron chi connectivity index (χ2n) is 7.08. The summed E-state index contributed by atoms with van der Waals surface area (Å²) in [4.78, 5) is 31.3. The Balaban J connectivity index is 1.84. The first-order valence-electron chi connectivity index (χ1n) is 9.44. The van der Waals surface area contributed by atoms with Gasteiger partial charge in [-0.1, -0.05) is 36.0 Å². The molecule has 0 aromatic heterocycles. The molecule has 0 heterocycles. The monoisotopic (exact) mass is 446 g/mol. The molecule has 0 amide bonds. The zero-order valence-electron chi connectivity index (χ0n) is 16.0. The van der Waals surface area contributed by atoms with Gasteiger partial charge in [-0.3, -0.25) is 19.6 Å². The lowest BCUT2D eigenvalue weighted by molar-refractivity contribution is 0.111. The van der Waals surface area contributed by atoms with Crippen molar-refractivity contribution >= 4 is 48.2 Å². The fraction of sp³-hybridized carbons (Fsp3) is 0.273. The van der Waals surface area contributed by atoms with Gasteiger partial charge in [-0.05, 0) is 37.1 Å². The van der Waals surface area contributed by atoms with Crippen LogP contribution in [0.3, 0.4) is 0 Å². The average Bonchev–Trinajstić information content (AvgIpc) is 2.74. The van der Waals surface area contributed by atoms with Gasteiger partial charge in [-0.15, -0.1) is 0 Å². The topological polar surface area (TPSA) is 99.3 Å². The van der Waals surface area contributed by atoms with Crippen molar-refractivity contribution in [1.82, 2.24) is 0 Å². The Hall–Kier alpha value is -2.70. The molecule has 6 nitrogen and oxygen atoms in total. The summed E-state index contributed by atoms with van der Waals surface area (Å²) < 4.78 is 0. The largest absolute Gasteiger partial charge is 0.507 e. The van der Waals surface area contributed by atoms with Gasteiger partial charge in [0.1, 0.15) is 11.5 Å². The third-order valence-electron chi connectivity index (χ3n) is 5.03. The molecule has 2 atom stereocenters. The van der Waals surface area contributed by atoms with Crippen molar-refractivity contribution in [3.8, 4) is 11.5 Å². The molecule has 0 radical (unpaired) electrons. The van der Waals surface area contributed by atoms with E-state index in [0.717, 1.165) is 25.7 Å². The molecule has 0 unspecified atom stereocenters. The van der Waals surface area contributed by atoms with E-state index in [1.165, 1.54) is 24.6 Å². The summed E-state index contributed by atoms with van der Waals surface area (Å²) in [6, 6.07) is 5.58. The van der Waals surface area contributed by atoms with Crippen molar-refractivity contribution in [3.63, 3.8) is 0 Å². The van der Waals surface area contributed by atoms with Crippen LogP contribution in [0.1, 0.15) is 57.5 Å². The summed E-state index contributed by atoms with van der Waals surface area (Å²) in [6.07, 6.45) is 7.69. The zero-order chi connectivity index (χ0) is 21.7. The highest BCUT2D eigenvalue weighted by atomic mass is 35.5. The van der Waals surface area contributed by atoms with Crippen molar-refractivity contribution in [1.29, 1.82) is 0 Å². The predicted octanol–water partition coefficient (Wildman–Crippen LogP) is 4.88. The molecule has 0 aliphatic heterocycles. The van der Waals surface area contributed by atoms with Crippen molar-refractivity contribution in [3.05, 3.63) is 56.6 Å². The lowest BCUT2D eigenvalue weighted by Crippen LogP contribution is -2.27. The minimum absolute atomic E-state index is 0.101. The molecule has 2 aromatic rings. The maximum absolute atomic E-state index is 11.1. The second kappa shape index (κ2) is 9.87. The highest BCUT2D eigenvalue weighted by molar-refractivity contribution is 6.31. The summed E-state index contributed by atoms with van der Waals surface area (Å²) in [6.45, 7) is 0. The molecular formula is C22H20Cl2N2O4. The van der Waals surface area contributed by atoms with Crippen LogP contribution >= 0.6 is 23.2 Å². The Kier molecular flexibility index (Phi) is 7.24. The highest BCUT2D eigenvalue weighted by Crippen LogP contribution is 2.28. The summed E-state index contributed by atoms with van der Waals surface area (Å²) in [7, 11) is 0. The molecular weight excluding hydrogens is 427 g/mol. The quantitative estimate of drug-likeness (QED) is 0.487. The normalized spacial score (nSPS) is 19.4. The number of carbonyl (C=O) groups is 2. The van der Waals surface area contributed by atoms with Crippen LogP contribution in [0.2, 0.25) is 10.0 Å². The Morgan fingerprint density at radius 3 is 1.47 bits per heavy atom. The van der Waals surface area contributed by atoms with Crippen LogP contribution < -0.4 is 0 Å². The number of benzene rings is 2. The first kappa shape index (κ1) is 22.0. The van der Waals surface area contributed by atoms with E-state index in [1.807, 2.05) is 0 Å². The van der Waals surface area contributed by atoms with Gasteiger partial charge < -0.3 is 10.2 Å². The molecule has 8 heteroatoms. The van der Waals surface area contributed by atoms with Crippen molar-refractivity contribution in [2.75, 3.05) is 0 Å². The highest BCUT2D eigenvalue weighted by Gasteiger charge is 2.23. The van der Waals surface area contributed by atoms with E-state index in [-0.39, 0.29) is 34.7 Å². The van der Waals surface area contributed by atoms with E-state index in [1.54, 1.807) is 12.1 Å². The molecule has 0 saturated heterocycles. The molecule has 1 fully saturated rings. The van der Waals surface area contributed by atoms with Gasteiger partial charge >= 0.3 is 0 Å². The molecule has 1 saturated carbocycles. The van der Waals surface area contributed by atoms with E-state index in [2.05, 4.69) is 9.98 Å². The zero-order valence-corrected chi connectivity index (χ0v) is 17.5. The number of nitrogens with zero attached hydrogens (tertiary/aromatic N) is 2. The van der Waals surface area contributed by atoms with Gasteiger partial charge in [0.25, 0.3) is 0 Å². The van der Waals surface area contributed by atoms with Crippen LogP contribution in [0.4, 0.5) is 0 Å². The Labute approximate surface area is 183 Å². The first-order valence-corrected chi connectivity index (χ1v) is 10.2. The lowest BCUT2D eigenvalue weighted by atomic mass is 9.91. The summed E-state index contributed by atoms with van der Waals surface area (Å²) >= 11 is 12.0. The standard InChI is InChI=1S/C22H20Cl2N2O4/c23-17-5-13(21(29)15(7-17)11-27)9-25-19-3-1-2-4-20(19)26-10-14-6-18(24)8-16(12-28)22(14)30/h5-12,19-20,29-30H,1-4H2/t19-,20-/m1/s1. The van der Waals surface area contributed by atoms with Gasteiger partial charge in [0.15, 0.2) is 12.6 Å². The number of aromatic hydroxyl groups is 2. The molecule has 1 aliphatic carbocycles. The molecule has 156 valence electrons. The number of hydrogen-bond acceptors (Lipinski definition) is 6. The van der Waals surface area contributed by atoms with Gasteiger partial charge in [0.2, 0.25) is 0 Å². The van der Waals surface area contributed by atoms with Gasteiger partial charge in [-0.2, -0.15) is 0 Å². The smallest absolute Gasteiger partial charge is 0.153 e. The second-order valence-corrected chi connectivity index (χ2v) is 7.95. The fourth-order valence-corrected chi connectivity index (χ4v) is 3.92. The van der Waals surface area contributed by atoms with Crippen LogP contribution in [-0.2, 0) is 0 Å². The fourth-order valence-electron chi connectivity index (χ4n) is 3.45.